The van der Waals surface area contributed by atoms with Gasteiger partial charge in [-0.05, 0) is 5.41 Å². The Morgan fingerprint density at radius 2 is 2.24 bits per heavy atom. The molecule has 0 saturated carbocycles. The zero-order valence-corrected chi connectivity index (χ0v) is 10.9. The molecule has 1 amide bonds. The second-order valence-corrected chi connectivity index (χ2v) is 5.45. The molecular weight excluding hydrogens is 214 g/mol. The van der Waals surface area contributed by atoms with E-state index in [1.165, 1.54) is 0 Å². The number of likely N-dealkylation sites (N-methyl/N-ethyl adjacent to an activating group) is 1. The van der Waals surface area contributed by atoms with Crippen molar-refractivity contribution in [3.63, 3.8) is 0 Å². The summed E-state index contributed by atoms with van der Waals surface area (Å²) in [5, 5.41) is 8.86. The van der Waals surface area contributed by atoms with Crippen molar-refractivity contribution in [1.82, 2.24) is 9.80 Å². The predicted octanol–water partition coefficient (Wildman–Crippen LogP) is 1.25. The summed E-state index contributed by atoms with van der Waals surface area (Å²) in [7, 11) is 1.81. The molecule has 0 spiro atoms. The van der Waals surface area contributed by atoms with Gasteiger partial charge < -0.3 is 4.90 Å². The van der Waals surface area contributed by atoms with Crippen molar-refractivity contribution in [2.45, 2.75) is 26.3 Å². The monoisotopic (exact) mass is 235 g/mol. The summed E-state index contributed by atoms with van der Waals surface area (Å²) in [4.78, 5) is 16.0. The number of carbonyl (C=O) groups is 1. The molecule has 4 nitrogen and oxygen atoms in total. The van der Waals surface area contributed by atoms with Gasteiger partial charge in [-0.2, -0.15) is 5.26 Å². The van der Waals surface area contributed by atoms with Gasteiger partial charge in [0.15, 0.2) is 0 Å². The molecule has 1 aliphatic rings. The van der Waals surface area contributed by atoms with Gasteiger partial charge in [0.2, 0.25) is 5.91 Å². The summed E-state index contributed by atoms with van der Waals surface area (Å²) in [6, 6.07) is 1.78. The van der Waals surface area contributed by atoms with E-state index >= 15 is 0 Å². The van der Waals surface area contributed by atoms with Gasteiger partial charge in [0.25, 0.3) is 0 Å². The third-order valence-corrected chi connectivity index (χ3v) is 3.05. The summed E-state index contributed by atoms with van der Waals surface area (Å²) in [5.74, 6) is 0.0407. The minimum atomic E-state index is -0.329. The van der Waals surface area contributed by atoms with Crippen LogP contribution in [-0.4, -0.2) is 48.4 Å². The van der Waals surface area contributed by atoms with Gasteiger partial charge in [0.05, 0.1) is 12.5 Å². The fourth-order valence-corrected chi connectivity index (χ4v) is 2.50. The largest absolute Gasteiger partial charge is 0.344 e. The highest BCUT2D eigenvalue weighted by atomic mass is 16.2. The first-order valence-electron chi connectivity index (χ1n) is 5.88. The Morgan fingerprint density at radius 3 is 2.76 bits per heavy atom. The summed E-state index contributed by atoms with van der Waals surface area (Å²) < 4.78 is 0. The van der Waals surface area contributed by atoms with E-state index in [0.717, 1.165) is 13.1 Å². The van der Waals surface area contributed by atoms with Crippen LogP contribution in [-0.2, 0) is 4.79 Å². The van der Waals surface area contributed by atoms with E-state index in [4.69, 9.17) is 5.26 Å². The van der Waals surface area contributed by atoms with Gasteiger partial charge in [-0.25, -0.2) is 0 Å². The van der Waals surface area contributed by atoms with Crippen LogP contribution in [0.2, 0.25) is 0 Å². The van der Waals surface area contributed by atoms with Crippen molar-refractivity contribution < 1.29 is 4.79 Å². The summed E-state index contributed by atoms with van der Waals surface area (Å²) in [6.45, 7) is 10.2. The minimum Gasteiger partial charge on any atom is -0.344 e. The van der Waals surface area contributed by atoms with Crippen molar-refractivity contribution in [2.75, 3.05) is 26.7 Å². The third-order valence-electron chi connectivity index (χ3n) is 3.05. The lowest BCUT2D eigenvalue weighted by atomic mass is 9.92. The van der Waals surface area contributed by atoms with E-state index in [2.05, 4.69) is 31.4 Å². The highest BCUT2D eigenvalue weighted by molar-refractivity contribution is 5.82. The molecule has 0 aliphatic carbocycles. The molecule has 0 bridgehead atoms. The molecule has 1 unspecified atom stereocenters. The van der Waals surface area contributed by atoms with Gasteiger partial charge in [-0.15, -0.1) is 6.58 Å². The topological polar surface area (TPSA) is 47.3 Å². The number of nitriles is 1. The van der Waals surface area contributed by atoms with E-state index in [-0.39, 0.29) is 23.8 Å². The molecule has 1 rings (SSSR count). The molecule has 17 heavy (non-hydrogen) atoms. The first-order chi connectivity index (χ1) is 7.91. The van der Waals surface area contributed by atoms with Crippen LogP contribution in [0, 0.1) is 16.7 Å². The van der Waals surface area contributed by atoms with Crippen molar-refractivity contribution in [2.24, 2.45) is 5.41 Å². The van der Waals surface area contributed by atoms with E-state index in [9.17, 15) is 4.79 Å². The maximum atomic E-state index is 12.2. The molecule has 1 atom stereocenters. The highest BCUT2D eigenvalue weighted by Crippen LogP contribution is 2.25. The SMILES string of the molecule is C=CCN1CC(C)(C)CN(C)C(=O)C1CC#N. The van der Waals surface area contributed by atoms with Crippen LogP contribution >= 0.6 is 0 Å². The average Bonchev–Trinajstić information content (AvgIpc) is 2.29. The molecule has 1 heterocycles. The van der Waals surface area contributed by atoms with Crippen LogP contribution in [0.25, 0.3) is 0 Å². The molecule has 94 valence electrons. The number of rotatable bonds is 3. The minimum absolute atomic E-state index is 0.0393. The number of carbonyl (C=O) groups excluding carboxylic acids is 1. The Balaban J connectivity index is 3.00. The third kappa shape index (κ3) is 3.31. The van der Waals surface area contributed by atoms with Crippen LogP contribution in [0.3, 0.4) is 0 Å². The van der Waals surface area contributed by atoms with Gasteiger partial charge >= 0.3 is 0 Å². The zero-order valence-electron chi connectivity index (χ0n) is 10.9. The van der Waals surface area contributed by atoms with Crippen LogP contribution in [0.1, 0.15) is 20.3 Å². The first-order valence-corrected chi connectivity index (χ1v) is 5.88. The molecular formula is C13H21N3O. The number of hydrogen-bond acceptors (Lipinski definition) is 3. The lowest BCUT2D eigenvalue weighted by molar-refractivity contribution is -0.134. The molecule has 0 aromatic carbocycles. The Kier molecular flexibility index (Phi) is 4.30. The molecule has 1 saturated heterocycles. The quantitative estimate of drug-likeness (QED) is 0.692. The number of hydrogen-bond donors (Lipinski definition) is 0. The van der Waals surface area contributed by atoms with Crippen LogP contribution in [0.4, 0.5) is 0 Å². The molecule has 1 fully saturated rings. The summed E-state index contributed by atoms with van der Waals surface area (Å²) in [5.41, 5.74) is 0.0393. The highest BCUT2D eigenvalue weighted by Gasteiger charge is 2.37. The van der Waals surface area contributed by atoms with Crippen LogP contribution in [0.15, 0.2) is 12.7 Å². The van der Waals surface area contributed by atoms with Gasteiger partial charge in [-0.3, -0.25) is 9.69 Å². The van der Waals surface area contributed by atoms with Gasteiger partial charge in [0, 0.05) is 26.7 Å². The van der Waals surface area contributed by atoms with E-state index < -0.39 is 0 Å². The van der Waals surface area contributed by atoms with Crippen molar-refractivity contribution in [3.05, 3.63) is 12.7 Å². The zero-order chi connectivity index (χ0) is 13.1. The molecule has 4 heteroatoms. The molecule has 0 aromatic heterocycles. The Hall–Kier alpha value is -1.34. The normalized spacial score (nSPS) is 25.2. The lowest BCUT2D eigenvalue weighted by Crippen LogP contribution is -2.44. The molecule has 0 radical (unpaired) electrons. The lowest BCUT2D eigenvalue weighted by Gasteiger charge is -2.30. The van der Waals surface area contributed by atoms with E-state index in [1.54, 1.807) is 11.0 Å². The van der Waals surface area contributed by atoms with Crippen LogP contribution < -0.4 is 0 Å². The van der Waals surface area contributed by atoms with E-state index in [0.29, 0.717) is 6.54 Å². The Morgan fingerprint density at radius 1 is 1.59 bits per heavy atom. The second kappa shape index (κ2) is 5.33. The molecule has 0 aromatic rings. The van der Waals surface area contributed by atoms with Crippen molar-refractivity contribution in [1.29, 1.82) is 5.26 Å². The van der Waals surface area contributed by atoms with E-state index in [1.807, 2.05) is 7.05 Å². The summed E-state index contributed by atoms with van der Waals surface area (Å²) in [6.07, 6.45) is 2.03. The van der Waals surface area contributed by atoms with Gasteiger partial charge in [0.1, 0.15) is 6.04 Å². The van der Waals surface area contributed by atoms with Gasteiger partial charge in [-0.1, -0.05) is 19.9 Å². The smallest absolute Gasteiger partial charge is 0.240 e. The maximum absolute atomic E-state index is 12.2. The number of amides is 1. The van der Waals surface area contributed by atoms with Crippen molar-refractivity contribution >= 4 is 5.91 Å². The molecule has 1 aliphatic heterocycles. The fraction of sp³-hybridized carbons (Fsp3) is 0.692. The maximum Gasteiger partial charge on any atom is 0.240 e. The molecule has 0 N–H and O–H groups in total. The fourth-order valence-electron chi connectivity index (χ4n) is 2.50. The predicted molar refractivity (Wildman–Crippen MR) is 67.2 cm³/mol. The second-order valence-electron chi connectivity index (χ2n) is 5.45. The average molecular weight is 235 g/mol. The van der Waals surface area contributed by atoms with Crippen LogP contribution in [0.5, 0.6) is 0 Å². The Labute approximate surface area is 103 Å². The Bertz CT molecular complexity index is 343. The number of nitrogens with zero attached hydrogens (tertiary/aromatic N) is 3. The summed E-state index contributed by atoms with van der Waals surface area (Å²) >= 11 is 0. The standard InChI is InChI=1S/C13H21N3O/c1-5-8-16-10-13(2,3)9-15(4)12(17)11(16)6-7-14/h5,11H,1,6,8-10H2,2-4H3. The van der Waals surface area contributed by atoms with Crippen molar-refractivity contribution in [3.8, 4) is 6.07 Å². The first kappa shape index (κ1) is 13.7.